The predicted molar refractivity (Wildman–Crippen MR) is 60.9 cm³/mol. The van der Waals surface area contributed by atoms with E-state index in [-0.39, 0.29) is 13.2 Å². The lowest BCUT2D eigenvalue weighted by Crippen LogP contribution is -2.54. The second-order valence-electron chi connectivity index (χ2n) is 4.23. The second-order valence-corrected chi connectivity index (χ2v) is 4.23. The average Bonchev–Trinajstić information content (AvgIpc) is 2.35. The van der Waals surface area contributed by atoms with Gasteiger partial charge in [-0.15, -0.1) is 0 Å². The van der Waals surface area contributed by atoms with E-state index in [1.54, 1.807) is 24.3 Å². The van der Waals surface area contributed by atoms with Crippen LogP contribution in [0.15, 0.2) is 24.3 Å². The van der Waals surface area contributed by atoms with E-state index in [1.165, 1.54) is 0 Å². The SMILES string of the molecule is CC(O)(C(=O)NCc1ccc(CO)cc1)C(F)(F)F. The molecule has 0 bridgehead atoms. The number of halogens is 3. The minimum atomic E-state index is -5.03. The second kappa shape index (κ2) is 5.58. The number of nitrogens with one attached hydrogen (secondary N) is 1. The molecular formula is C12H14F3NO3. The fourth-order valence-electron chi connectivity index (χ4n) is 1.25. The van der Waals surface area contributed by atoms with Crippen molar-refractivity contribution in [1.29, 1.82) is 0 Å². The van der Waals surface area contributed by atoms with Crippen LogP contribution in [0.2, 0.25) is 0 Å². The van der Waals surface area contributed by atoms with Crippen LogP contribution in [0.4, 0.5) is 13.2 Å². The zero-order valence-electron chi connectivity index (χ0n) is 10.2. The highest BCUT2D eigenvalue weighted by atomic mass is 19.4. The topological polar surface area (TPSA) is 69.6 Å². The number of amides is 1. The van der Waals surface area contributed by atoms with Gasteiger partial charge >= 0.3 is 6.18 Å². The molecule has 0 heterocycles. The smallest absolute Gasteiger partial charge is 0.392 e. The Labute approximate surface area is 107 Å². The highest BCUT2D eigenvalue weighted by Gasteiger charge is 2.55. The van der Waals surface area contributed by atoms with E-state index in [1.807, 2.05) is 5.32 Å². The molecule has 1 rings (SSSR count). The molecule has 0 spiro atoms. The number of carbonyl (C=O) groups excluding carboxylic acids is 1. The molecule has 0 saturated carbocycles. The number of hydrogen-bond donors (Lipinski definition) is 3. The molecule has 0 saturated heterocycles. The maximum absolute atomic E-state index is 12.4. The first-order valence-electron chi connectivity index (χ1n) is 5.44. The summed E-state index contributed by atoms with van der Waals surface area (Å²) >= 11 is 0. The molecule has 7 heteroatoms. The van der Waals surface area contributed by atoms with Gasteiger partial charge in [0, 0.05) is 6.54 Å². The summed E-state index contributed by atoms with van der Waals surface area (Å²) in [6, 6.07) is 6.30. The maximum Gasteiger partial charge on any atom is 0.426 e. The van der Waals surface area contributed by atoms with Crippen molar-refractivity contribution in [1.82, 2.24) is 5.32 Å². The van der Waals surface area contributed by atoms with Gasteiger partial charge in [-0.05, 0) is 18.1 Å². The average molecular weight is 277 g/mol. The predicted octanol–water partition coefficient (Wildman–Crippen LogP) is 1.11. The van der Waals surface area contributed by atoms with Gasteiger partial charge < -0.3 is 15.5 Å². The van der Waals surface area contributed by atoms with E-state index in [9.17, 15) is 18.0 Å². The number of aliphatic hydroxyl groups is 2. The Bertz CT molecular complexity index is 441. The van der Waals surface area contributed by atoms with Crippen LogP contribution in [0.1, 0.15) is 18.1 Å². The normalized spacial score (nSPS) is 14.8. The van der Waals surface area contributed by atoms with Gasteiger partial charge in [-0.3, -0.25) is 4.79 Å². The Morgan fingerprint density at radius 1 is 1.21 bits per heavy atom. The highest BCUT2D eigenvalue weighted by molar-refractivity contribution is 5.85. The lowest BCUT2D eigenvalue weighted by atomic mass is 10.1. The molecule has 0 aliphatic heterocycles. The first-order valence-corrected chi connectivity index (χ1v) is 5.44. The Kier molecular flexibility index (Phi) is 4.54. The molecule has 1 aromatic rings. The van der Waals surface area contributed by atoms with E-state index in [0.717, 1.165) is 0 Å². The minimum absolute atomic E-state index is 0.142. The van der Waals surface area contributed by atoms with E-state index in [2.05, 4.69) is 0 Å². The van der Waals surface area contributed by atoms with E-state index >= 15 is 0 Å². The van der Waals surface area contributed by atoms with Gasteiger partial charge in [0.2, 0.25) is 5.60 Å². The molecule has 19 heavy (non-hydrogen) atoms. The van der Waals surface area contributed by atoms with E-state index in [0.29, 0.717) is 18.1 Å². The third kappa shape index (κ3) is 3.68. The first-order chi connectivity index (χ1) is 8.68. The third-order valence-corrected chi connectivity index (χ3v) is 2.65. The zero-order valence-corrected chi connectivity index (χ0v) is 10.2. The molecule has 1 atom stereocenters. The number of alkyl halides is 3. The Balaban J connectivity index is 2.63. The van der Waals surface area contributed by atoms with E-state index in [4.69, 9.17) is 10.2 Å². The van der Waals surface area contributed by atoms with Gasteiger partial charge in [-0.25, -0.2) is 0 Å². The zero-order chi connectivity index (χ0) is 14.7. The lowest BCUT2D eigenvalue weighted by molar-refractivity contribution is -0.245. The summed E-state index contributed by atoms with van der Waals surface area (Å²) in [4.78, 5) is 11.3. The molecule has 1 aromatic carbocycles. The fraction of sp³-hybridized carbons (Fsp3) is 0.417. The van der Waals surface area contributed by atoms with Crippen LogP contribution in [0.25, 0.3) is 0 Å². The van der Waals surface area contributed by atoms with Crippen LogP contribution in [0.5, 0.6) is 0 Å². The Morgan fingerprint density at radius 2 is 1.68 bits per heavy atom. The number of carbonyl (C=O) groups is 1. The minimum Gasteiger partial charge on any atom is -0.392 e. The standard InChI is InChI=1S/C12H14F3NO3/c1-11(19,12(13,14)15)10(18)16-6-8-2-4-9(7-17)5-3-8/h2-5,17,19H,6-7H2,1H3,(H,16,18). The molecule has 0 aliphatic carbocycles. The number of hydrogen-bond acceptors (Lipinski definition) is 3. The first kappa shape index (κ1) is 15.5. The highest BCUT2D eigenvalue weighted by Crippen LogP contribution is 2.30. The Hall–Kier alpha value is -1.60. The summed E-state index contributed by atoms with van der Waals surface area (Å²) in [5.41, 5.74) is -2.21. The largest absolute Gasteiger partial charge is 0.426 e. The van der Waals surface area contributed by atoms with Crippen molar-refractivity contribution in [3.63, 3.8) is 0 Å². The summed E-state index contributed by atoms with van der Waals surface area (Å²) in [6.07, 6.45) is -5.03. The van der Waals surface area contributed by atoms with E-state index < -0.39 is 17.7 Å². The van der Waals surface area contributed by atoms with Crippen molar-refractivity contribution in [2.45, 2.75) is 31.9 Å². The van der Waals surface area contributed by atoms with Crippen molar-refractivity contribution in [3.8, 4) is 0 Å². The molecule has 0 aromatic heterocycles. The van der Waals surface area contributed by atoms with Gasteiger partial charge in [0.25, 0.3) is 5.91 Å². The van der Waals surface area contributed by atoms with Gasteiger partial charge in [-0.1, -0.05) is 24.3 Å². The van der Waals surface area contributed by atoms with Crippen molar-refractivity contribution < 1.29 is 28.2 Å². The van der Waals surface area contributed by atoms with Crippen LogP contribution in [-0.4, -0.2) is 27.9 Å². The summed E-state index contributed by atoms with van der Waals surface area (Å²) in [5.74, 6) is -1.51. The number of benzene rings is 1. The lowest BCUT2D eigenvalue weighted by Gasteiger charge is -2.24. The van der Waals surface area contributed by atoms with Gasteiger partial charge in [0.15, 0.2) is 0 Å². The summed E-state index contributed by atoms with van der Waals surface area (Å²) in [5, 5.41) is 19.9. The summed E-state index contributed by atoms with van der Waals surface area (Å²) in [6.45, 7) is 0.114. The van der Waals surface area contributed by atoms with Crippen LogP contribution in [0.3, 0.4) is 0 Å². The summed E-state index contributed by atoms with van der Waals surface area (Å²) < 4.78 is 37.1. The van der Waals surface area contributed by atoms with Crippen LogP contribution < -0.4 is 5.32 Å². The third-order valence-electron chi connectivity index (χ3n) is 2.65. The van der Waals surface area contributed by atoms with Gasteiger partial charge in [0.05, 0.1) is 6.61 Å². The molecule has 3 N–H and O–H groups in total. The molecule has 1 amide bonds. The van der Waals surface area contributed by atoms with Crippen LogP contribution in [-0.2, 0) is 17.9 Å². The monoisotopic (exact) mass is 277 g/mol. The van der Waals surface area contributed by atoms with Crippen molar-refractivity contribution in [2.75, 3.05) is 0 Å². The number of aliphatic hydroxyl groups excluding tert-OH is 1. The maximum atomic E-state index is 12.4. The quantitative estimate of drug-likeness (QED) is 0.772. The van der Waals surface area contributed by atoms with Crippen molar-refractivity contribution in [3.05, 3.63) is 35.4 Å². The Morgan fingerprint density at radius 3 is 2.11 bits per heavy atom. The number of rotatable bonds is 4. The molecule has 0 fully saturated rings. The molecular weight excluding hydrogens is 263 g/mol. The molecule has 106 valence electrons. The van der Waals surface area contributed by atoms with Crippen molar-refractivity contribution in [2.24, 2.45) is 0 Å². The van der Waals surface area contributed by atoms with Gasteiger partial charge in [0.1, 0.15) is 0 Å². The molecule has 1 unspecified atom stereocenters. The van der Waals surface area contributed by atoms with Gasteiger partial charge in [-0.2, -0.15) is 13.2 Å². The molecule has 0 radical (unpaired) electrons. The summed E-state index contributed by atoms with van der Waals surface area (Å²) in [7, 11) is 0. The van der Waals surface area contributed by atoms with Crippen LogP contribution >= 0.6 is 0 Å². The fourth-order valence-corrected chi connectivity index (χ4v) is 1.25. The van der Waals surface area contributed by atoms with Crippen molar-refractivity contribution >= 4 is 5.91 Å². The van der Waals surface area contributed by atoms with Crippen LogP contribution in [0, 0.1) is 0 Å². The molecule has 0 aliphatic rings. The molecule has 4 nitrogen and oxygen atoms in total.